The fourth-order valence-electron chi connectivity index (χ4n) is 14.2. The van der Waals surface area contributed by atoms with E-state index in [0.29, 0.717) is 73.0 Å². The molecule has 0 aliphatic heterocycles. The Labute approximate surface area is 811 Å². The van der Waals surface area contributed by atoms with Gasteiger partial charge in [0.05, 0.1) is 153 Å². The van der Waals surface area contributed by atoms with Crippen LogP contribution in [0.25, 0.3) is 0 Å². The molecule has 0 spiro atoms. The summed E-state index contributed by atoms with van der Waals surface area (Å²) in [6.07, 6.45) is 11.9. The van der Waals surface area contributed by atoms with E-state index in [1.54, 1.807) is 72.8 Å². The molecule has 6 rings (SSSR count). The van der Waals surface area contributed by atoms with E-state index in [9.17, 15) is 28.8 Å². The van der Waals surface area contributed by atoms with Gasteiger partial charge in [0.1, 0.15) is 78.9 Å². The number of nitrogens with zero attached hydrogens (tertiary/aromatic N) is 10. The molecule has 0 saturated carbocycles. The number of hydrogen-bond donors (Lipinski definition) is 2. The monoisotopic (exact) mass is 1910 g/mol. The second-order valence-electron chi connectivity index (χ2n) is 32.8. The summed E-state index contributed by atoms with van der Waals surface area (Å²) in [6, 6.07) is 55.1. The summed E-state index contributed by atoms with van der Waals surface area (Å²) in [5, 5.41) is 35.2. The van der Waals surface area contributed by atoms with Gasteiger partial charge in [-0.3, -0.25) is 40.5 Å². The van der Waals surface area contributed by atoms with Crippen LogP contribution in [0.5, 0.6) is 0 Å². The summed E-state index contributed by atoms with van der Waals surface area (Å²) in [5.41, 5.74) is 12.8. The quantitative estimate of drug-likeness (QED) is 0.0118. The fraction of sp³-hybridized carbons (Fsp3) is 0.592. The number of likely N-dealkylation sites (N-methyl/N-ethyl adjacent to an activating group) is 6. The summed E-state index contributed by atoms with van der Waals surface area (Å²) in [4.78, 5) is 104. The lowest BCUT2D eigenvalue weighted by molar-refractivity contribution is -0.926. The molecule has 2 atom stereocenters. The number of rotatable bonds is 49. The molecule has 0 heterocycles. The number of benzene rings is 6. The van der Waals surface area contributed by atoms with Gasteiger partial charge < -0.3 is 66.8 Å². The smallest absolute Gasteiger partial charge is 0.338 e. The first-order valence-corrected chi connectivity index (χ1v) is 48.1. The van der Waals surface area contributed by atoms with Crippen molar-refractivity contribution in [2.24, 2.45) is 11.5 Å². The Bertz CT molecular complexity index is 3680. The second-order valence-corrected chi connectivity index (χ2v) is 32.8. The van der Waals surface area contributed by atoms with Crippen LogP contribution in [-0.4, -0.2) is 323 Å². The highest BCUT2D eigenvalue weighted by atomic mass is 16.6. The van der Waals surface area contributed by atoms with Crippen LogP contribution in [0.4, 0.5) is 0 Å². The van der Waals surface area contributed by atoms with Gasteiger partial charge in [-0.25, -0.2) is 28.8 Å². The highest BCUT2D eigenvalue weighted by Crippen LogP contribution is 2.17. The molecule has 2 unspecified atom stereocenters. The topological polar surface area (TPSA) is 382 Å². The van der Waals surface area contributed by atoms with E-state index in [-0.39, 0.29) is 35.8 Å². The van der Waals surface area contributed by atoms with E-state index < -0.39 is 19.7 Å². The first kappa shape index (κ1) is 135. The van der Waals surface area contributed by atoms with Crippen LogP contribution < -0.4 is 11.5 Å². The Kier molecular flexibility index (Phi) is 86.4. The molecular weight excluding hydrogens is 1730 g/mol. The molecule has 32 nitrogen and oxygen atoms in total. The molecule has 0 aliphatic carbocycles. The number of carbonyl (C=O) groups is 6. The largest absolute Gasteiger partial charge is 0.456 e. The van der Waals surface area contributed by atoms with E-state index in [1.165, 1.54) is 104 Å². The third-order valence-corrected chi connectivity index (χ3v) is 21.9. The van der Waals surface area contributed by atoms with E-state index in [1.807, 2.05) is 109 Å². The lowest BCUT2D eigenvalue weighted by atomic mass is 10.2. The van der Waals surface area contributed by atoms with Crippen LogP contribution in [0.3, 0.4) is 0 Å². The van der Waals surface area contributed by atoms with E-state index in [2.05, 4.69) is 136 Å². The van der Waals surface area contributed by atoms with Gasteiger partial charge in [0.2, 0.25) is 0 Å². The zero-order valence-corrected chi connectivity index (χ0v) is 87.3. The standard InChI is InChI=1S/2C18H30NO2.2C17H28NO2.C15H24NO2.C12H18NO2.4CH3NO2.2CH5N/c2*1-4-7-14-19(6-3,13-5-2)15-16-21-18(20)17-11-9-8-10-12-17;2*1-4-12-18(6-3,13-5-2)14-15-20-17(19)16-10-8-7-9-11-16;1-4-16(5-2,6-3)12-13-18-15(17)14-10-8-7-9-11-14;1-13(2,3)9-10-15-12(14)11-7-5-4-6-8-11;4*1-2(3)4;2*1-2/h2*8-12H,4-7,13-16H2,1-3H3;2*7-11H,4-6,12-15H2,1-3H3;7-11H,4-6,12-13H2,1-3H3;4-8H,9-10H2,1-3H3;4*1H3;2*2H2,1H3/q6*+1;;;;;;. The molecule has 6 aromatic rings. The van der Waals surface area contributed by atoms with Crippen LogP contribution in [0.2, 0.25) is 0 Å². The van der Waals surface area contributed by atoms with Crippen molar-refractivity contribution in [3.05, 3.63) is 256 Å². The van der Waals surface area contributed by atoms with Crippen LogP contribution in [0.15, 0.2) is 182 Å². The van der Waals surface area contributed by atoms with Crippen molar-refractivity contribution in [1.82, 2.24) is 0 Å². The van der Waals surface area contributed by atoms with Crippen LogP contribution in [0, 0.1) is 40.5 Å². The van der Waals surface area contributed by atoms with E-state index in [4.69, 9.17) is 68.9 Å². The number of quaternary nitrogens is 6. The minimum absolute atomic E-state index is 0.211. The zero-order valence-electron chi connectivity index (χ0n) is 87.3. The molecule has 0 bridgehead atoms. The molecule has 32 heteroatoms. The third-order valence-electron chi connectivity index (χ3n) is 21.9. The van der Waals surface area contributed by atoms with E-state index >= 15 is 0 Å². The Balaban J connectivity index is -0.000000355. The van der Waals surface area contributed by atoms with Gasteiger partial charge in [-0.1, -0.05) is 177 Å². The van der Waals surface area contributed by atoms with Gasteiger partial charge in [-0.2, -0.15) is 0 Å². The molecule has 0 aromatic heterocycles. The predicted molar refractivity (Wildman–Crippen MR) is 545 cm³/mol. The number of esters is 6. The molecular formula is C103H180N12O20+6. The average molecular weight is 1910 g/mol. The summed E-state index contributed by atoms with van der Waals surface area (Å²) < 4.78 is 38.3. The molecule has 6 aromatic carbocycles. The molecule has 0 fully saturated rings. The van der Waals surface area contributed by atoms with Crippen molar-refractivity contribution in [2.45, 2.75) is 168 Å². The second kappa shape index (κ2) is 86.3. The lowest BCUT2D eigenvalue weighted by Gasteiger charge is -2.37. The number of nitro groups is 4. The highest BCUT2D eigenvalue weighted by molar-refractivity contribution is 5.91. The first-order chi connectivity index (χ1) is 64.3. The third kappa shape index (κ3) is 72.5. The number of ether oxygens (including phenoxy) is 6. The van der Waals surface area contributed by atoms with E-state index in [0.717, 1.165) is 166 Å². The zero-order chi connectivity index (χ0) is 104. The number of unbranched alkanes of at least 4 members (excludes halogenated alkanes) is 2. The minimum atomic E-state index is -0.500. The van der Waals surface area contributed by atoms with Crippen molar-refractivity contribution < 1.29 is 104 Å². The average Bonchev–Trinajstić information content (AvgIpc) is 0.884. The molecule has 766 valence electrons. The maximum atomic E-state index is 12.0. The molecule has 135 heavy (non-hydrogen) atoms. The number of carbonyl (C=O) groups excluding carboxylic acids is 6. The molecule has 0 amide bonds. The Morgan fingerprint density at radius 2 is 0.363 bits per heavy atom. The van der Waals surface area contributed by atoms with Crippen LogP contribution in [-0.2, 0) is 28.4 Å². The Morgan fingerprint density at radius 3 is 0.489 bits per heavy atom. The Hall–Kier alpha value is -10.6. The van der Waals surface area contributed by atoms with Gasteiger partial charge in [-0.05, 0) is 187 Å². The Morgan fingerprint density at radius 1 is 0.230 bits per heavy atom. The van der Waals surface area contributed by atoms with Crippen molar-refractivity contribution in [1.29, 1.82) is 0 Å². The number of hydrogen-bond acceptors (Lipinski definition) is 22. The van der Waals surface area contributed by atoms with Crippen LogP contribution in [0.1, 0.15) is 230 Å². The first-order valence-electron chi connectivity index (χ1n) is 48.1. The molecule has 0 saturated heterocycles. The normalized spacial score (nSPS) is 11.2. The van der Waals surface area contributed by atoms with Gasteiger partial charge >= 0.3 is 35.8 Å². The van der Waals surface area contributed by atoms with Crippen molar-refractivity contribution in [2.75, 3.05) is 241 Å². The van der Waals surface area contributed by atoms with Gasteiger partial charge in [0.15, 0.2) is 28.2 Å². The van der Waals surface area contributed by atoms with Crippen molar-refractivity contribution in [3.8, 4) is 0 Å². The van der Waals surface area contributed by atoms with Gasteiger partial charge in [0.25, 0.3) is 0 Å². The fourth-order valence-corrected chi connectivity index (χ4v) is 14.2. The summed E-state index contributed by atoms with van der Waals surface area (Å²) >= 11 is 0. The minimum Gasteiger partial charge on any atom is -0.456 e. The number of nitrogens with two attached hydrogens (primary N) is 2. The predicted octanol–water partition coefficient (Wildman–Crippen LogP) is 17.8. The highest BCUT2D eigenvalue weighted by Gasteiger charge is 2.29. The van der Waals surface area contributed by atoms with Gasteiger partial charge in [-0.15, -0.1) is 0 Å². The molecule has 0 aliphatic rings. The summed E-state index contributed by atoms with van der Waals surface area (Å²) in [7, 11) is 12.8. The lowest BCUT2D eigenvalue weighted by Crippen LogP contribution is -2.51. The SMILES string of the molecule is CCCC[N+](CC)(CCC)CCOC(=O)c1ccccc1.CCCC[N+](CC)(CCC)CCOC(=O)c1ccccc1.CCC[N+](CC)(CCC)CCOC(=O)c1ccccc1.CCC[N+](CC)(CCC)CCOC(=O)c1ccccc1.CC[N+](CC)(CC)CCOC(=O)c1ccccc1.CN.CN.C[N+](=O)[O-].C[N+](=O)[O-].C[N+](=O)[O-].C[N+](=O)[O-].C[N+](C)(C)CCOC(=O)c1ccccc1. The molecule has 0 radical (unpaired) electrons. The molecule has 4 N–H and O–H groups in total. The van der Waals surface area contributed by atoms with Gasteiger partial charge in [0, 0.05) is 19.7 Å². The maximum absolute atomic E-state index is 12.0. The maximum Gasteiger partial charge on any atom is 0.338 e. The van der Waals surface area contributed by atoms with Crippen molar-refractivity contribution >= 4 is 35.8 Å². The van der Waals surface area contributed by atoms with Crippen LogP contribution >= 0.6 is 0 Å². The summed E-state index contributed by atoms with van der Waals surface area (Å²) in [5.74, 6) is -1.32. The van der Waals surface area contributed by atoms with Crippen molar-refractivity contribution in [3.63, 3.8) is 0 Å². The summed E-state index contributed by atoms with van der Waals surface area (Å²) in [6.45, 7) is 58.6.